The first-order valence-corrected chi connectivity index (χ1v) is 7.94. The molecule has 0 aromatic heterocycles. The van der Waals surface area contributed by atoms with Crippen molar-refractivity contribution in [3.63, 3.8) is 0 Å². The molecule has 2 fully saturated rings. The number of alkyl halides is 3. The number of amides is 1. The molecule has 130 valence electrons. The van der Waals surface area contributed by atoms with Crippen molar-refractivity contribution in [1.29, 1.82) is 0 Å². The maximum Gasteiger partial charge on any atom is 0.416 e. The summed E-state index contributed by atoms with van der Waals surface area (Å²) in [6.45, 7) is 1.80. The van der Waals surface area contributed by atoms with Gasteiger partial charge in [-0.2, -0.15) is 13.2 Å². The molecule has 0 radical (unpaired) electrons. The number of carbonyl (C=O) groups is 2. The van der Waals surface area contributed by atoms with Gasteiger partial charge >= 0.3 is 12.1 Å². The quantitative estimate of drug-likeness (QED) is 0.914. The zero-order valence-electron chi connectivity index (χ0n) is 13.1. The number of hydrogen-bond donors (Lipinski definition) is 1. The van der Waals surface area contributed by atoms with E-state index in [9.17, 15) is 27.9 Å². The molecule has 0 unspecified atom stereocenters. The van der Waals surface area contributed by atoms with E-state index in [1.807, 2.05) is 0 Å². The van der Waals surface area contributed by atoms with E-state index in [-0.39, 0.29) is 23.6 Å². The highest BCUT2D eigenvalue weighted by Gasteiger charge is 2.60. The van der Waals surface area contributed by atoms with Gasteiger partial charge in [-0.1, -0.05) is 6.92 Å². The van der Waals surface area contributed by atoms with Crippen molar-refractivity contribution in [3.05, 3.63) is 35.4 Å². The van der Waals surface area contributed by atoms with Crippen LogP contribution >= 0.6 is 0 Å². The molecule has 2 aliphatic rings. The van der Waals surface area contributed by atoms with Gasteiger partial charge in [-0.3, -0.25) is 9.59 Å². The lowest BCUT2D eigenvalue weighted by Gasteiger charge is -2.32. The number of carboxylic acids is 1. The number of hydrogen-bond acceptors (Lipinski definition) is 2. The Morgan fingerprint density at radius 3 is 2.33 bits per heavy atom. The van der Waals surface area contributed by atoms with Crippen LogP contribution in [0.2, 0.25) is 0 Å². The van der Waals surface area contributed by atoms with Crippen molar-refractivity contribution in [2.75, 3.05) is 0 Å². The molecule has 2 saturated heterocycles. The molecule has 3 rings (SSSR count). The second-order valence-corrected chi connectivity index (χ2v) is 6.55. The van der Waals surface area contributed by atoms with Gasteiger partial charge in [0, 0.05) is 17.6 Å². The molecule has 3 atom stereocenters. The van der Waals surface area contributed by atoms with E-state index in [1.54, 1.807) is 11.8 Å². The molecule has 1 aromatic carbocycles. The van der Waals surface area contributed by atoms with Gasteiger partial charge < -0.3 is 10.0 Å². The molecule has 0 aliphatic carbocycles. The Bertz CT molecular complexity index is 671. The highest BCUT2D eigenvalue weighted by molar-refractivity contribution is 5.96. The maximum atomic E-state index is 12.7. The lowest BCUT2D eigenvalue weighted by atomic mass is 9.72. The van der Waals surface area contributed by atoms with E-state index in [0.29, 0.717) is 19.3 Å². The smallest absolute Gasteiger partial charge is 0.416 e. The lowest BCUT2D eigenvalue weighted by Crippen LogP contribution is -2.44. The molecule has 1 amide bonds. The maximum absolute atomic E-state index is 12.7. The van der Waals surface area contributed by atoms with Crippen LogP contribution in [0.25, 0.3) is 0 Å². The monoisotopic (exact) mass is 341 g/mol. The summed E-state index contributed by atoms with van der Waals surface area (Å²) in [6.07, 6.45) is -2.24. The van der Waals surface area contributed by atoms with Gasteiger partial charge in [0.1, 0.15) is 0 Å². The summed E-state index contributed by atoms with van der Waals surface area (Å²) in [5, 5.41) is 9.62. The summed E-state index contributed by atoms with van der Waals surface area (Å²) in [7, 11) is 0. The summed E-state index contributed by atoms with van der Waals surface area (Å²) >= 11 is 0. The van der Waals surface area contributed by atoms with Crippen LogP contribution < -0.4 is 0 Å². The summed E-state index contributed by atoms with van der Waals surface area (Å²) in [6, 6.07) is 3.56. The Balaban J connectivity index is 1.87. The molecule has 1 N–H and O–H groups in total. The van der Waals surface area contributed by atoms with Crippen molar-refractivity contribution in [1.82, 2.24) is 4.90 Å². The molecule has 4 nitrogen and oxygen atoms in total. The fourth-order valence-electron chi connectivity index (χ4n) is 4.20. The Hall–Kier alpha value is -2.05. The number of carboxylic acid groups (broad SMARTS) is 1. The van der Waals surface area contributed by atoms with Crippen LogP contribution in [0.4, 0.5) is 13.2 Å². The van der Waals surface area contributed by atoms with Gasteiger partial charge in [0.2, 0.25) is 0 Å². The minimum absolute atomic E-state index is 0.152. The molecule has 2 heterocycles. The third-order valence-electron chi connectivity index (χ3n) is 5.49. The number of rotatable bonds is 3. The summed E-state index contributed by atoms with van der Waals surface area (Å²) in [5.41, 5.74) is -1.58. The second-order valence-electron chi connectivity index (χ2n) is 6.55. The van der Waals surface area contributed by atoms with Gasteiger partial charge in [0.15, 0.2) is 0 Å². The molecular weight excluding hydrogens is 323 g/mol. The van der Waals surface area contributed by atoms with Crippen LogP contribution in [-0.4, -0.2) is 34.0 Å². The van der Waals surface area contributed by atoms with Gasteiger partial charge in [-0.15, -0.1) is 0 Å². The normalized spacial score (nSPS) is 29.1. The minimum Gasteiger partial charge on any atom is -0.481 e. The van der Waals surface area contributed by atoms with Crippen molar-refractivity contribution in [2.24, 2.45) is 5.41 Å². The van der Waals surface area contributed by atoms with Gasteiger partial charge in [0.05, 0.1) is 11.0 Å². The third-order valence-corrected chi connectivity index (χ3v) is 5.49. The first kappa shape index (κ1) is 16.8. The summed E-state index contributed by atoms with van der Waals surface area (Å²) in [5.74, 6) is -1.28. The molecular formula is C17H18F3NO3. The van der Waals surface area contributed by atoms with E-state index < -0.39 is 23.1 Å². The number of aliphatic carboxylic acids is 1. The van der Waals surface area contributed by atoms with Crippen LogP contribution in [0.5, 0.6) is 0 Å². The van der Waals surface area contributed by atoms with Crippen molar-refractivity contribution in [3.8, 4) is 0 Å². The molecule has 24 heavy (non-hydrogen) atoms. The van der Waals surface area contributed by atoms with E-state index in [4.69, 9.17) is 0 Å². The molecule has 2 aliphatic heterocycles. The number of nitrogens with zero attached hydrogens (tertiary/aromatic N) is 1. The van der Waals surface area contributed by atoms with Crippen molar-refractivity contribution < 1.29 is 27.9 Å². The molecule has 0 spiro atoms. The first-order valence-electron chi connectivity index (χ1n) is 7.94. The fraction of sp³-hybridized carbons (Fsp3) is 0.529. The van der Waals surface area contributed by atoms with E-state index in [2.05, 4.69) is 0 Å². The number of fused-ring (bicyclic) bond motifs is 2. The molecule has 7 heteroatoms. The van der Waals surface area contributed by atoms with E-state index >= 15 is 0 Å². The number of benzene rings is 1. The summed E-state index contributed by atoms with van der Waals surface area (Å²) < 4.78 is 37.9. The average molecular weight is 341 g/mol. The van der Waals surface area contributed by atoms with Crippen molar-refractivity contribution in [2.45, 2.75) is 50.9 Å². The first-order chi connectivity index (χ1) is 11.2. The Kier molecular flexibility index (Phi) is 3.85. The Morgan fingerprint density at radius 1 is 1.25 bits per heavy atom. The van der Waals surface area contributed by atoms with Crippen LogP contribution in [0.15, 0.2) is 24.3 Å². The lowest BCUT2D eigenvalue weighted by molar-refractivity contribution is -0.151. The number of halogens is 3. The van der Waals surface area contributed by atoms with Gasteiger partial charge in [-0.25, -0.2) is 0 Å². The highest BCUT2D eigenvalue weighted by atomic mass is 19.4. The standard InChI is InChI=1S/C17H18F3NO3/c1-2-16(15(23)24)9-12-7-8-13(16)21(12)14(22)10-3-5-11(6-4-10)17(18,19)20/h3-6,12-13H,2,7-9H2,1H3,(H,23,24)/t12-,13+,16+/m0/s1. The van der Waals surface area contributed by atoms with Crippen LogP contribution in [-0.2, 0) is 11.0 Å². The van der Waals surface area contributed by atoms with Crippen LogP contribution in [0, 0.1) is 5.41 Å². The Labute approximate surface area is 137 Å². The van der Waals surface area contributed by atoms with Crippen molar-refractivity contribution >= 4 is 11.9 Å². The molecule has 0 saturated carbocycles. The highest BCUT2D eigenvalue weighted by Crippen LogP contribution is 2.52. The predicted octanol–water partition coefficient (Wildman–Crippen LogP) is 3.56. The predicted molar refractivity (Wildman–Crippen MR) is 79.4 cm³/mol. The Morgan fingerprint density at radius 2 is 1.88 bits per heavy atom. The average Bonchev–Trinajstić information content (AvgIpc) is 3.09. The van der Waals surface area contributed by atoms with E-state index in [0.717, 1.165) is 30.7 Å². The molecule has 2 bridgehead atoms. The summed E-state index contributed by atoms with van der Waals surface area (Å²) in [4.78, 5) is 26.1. The minimum atomic E-state index is -4.45. The van der Waals surface area contributed by atoms with Gasteiger partial charge in [-0.05, 0) is 49.9 Å². The van der Waals surface area contributed by atoms with Gasteiger partial charge in [0.25, 0.3) is 5.91 Å². The van der Waals surface area contributed by atoms with E-state index in [1.165, 1.54) is 0 Å². The van der Waals surface area contributed by atoms with Crippen LogP contribution in [0.1, 0.15) is 48.5 Å². The molecule has 1 aromatic rings. The third kappa shape index (κ3) is 2.37. The topological polar surface area (TPSA) is 57.6 Å². The largest absolute Gasteiger partial charge is 0.481 e. The number of carbonyl (C=O) groups excluding carboxylic acids is 1. The second kappa shape index (κ2) is 5.50. The zero-order chi connectivity index (χ0) is 17.7. The van der Waals surface area contributed by atoms with Crippen LogP contribution in [0.3, 0.4) is 0 Å². The fourth-order valence-corrected chi connectivity index (χ4v) is 4.20. The SMILES string of the molecule is CC[C@@]1(C(=O)O)C[C@@H]2CC[C@H]1N2C(=O)c1ccc(C(F)(F)F)cc1. The zero-order valence-corrected chi connectivity index (χ0v) is 13.1.